The molecule has 1 heterocycles. The van der Waals surface area contributed by atoms with Gasteiger partial charge in [-0.3, -0.25) is 0 Å². The zero-order valence-corrected chi connectivity index (χ0v) is 23.6. The molecule has 4 heteroatoms. The van der Waals surface area contributed by atoms with E-state index in [0.717, 1.165) is 12.8 Å². The molecular weight excluding hydrogens is 436 g/mol. The molecule has 0 aromatic carbocycles. The van der Waals surface area contributed by atoms with Crippen LogP contribution in [0, 0.1) is 56.2 Å². The van der Waals surface area contributed by atoms with Crippen LogP contribution in [0.2, 0.25) is 0 Å². The minimum absolute atomic E-state index is 0.00933. The van der Waals surface area contributed by atoms with Gasteiger partial charge in [-0.25, -0.2) is 0 Å². The van der Waals surface area contributed by atoms with Gasteiger partial charge in [0, 0.05) is 5.41 Å². The Hall–Kier alpha value is -0.160. The molecule has 13 atom stereocenters. The van der Waals surface area contributed by atoms with Gasteiger partial charge in [0.15, 0.2) is 0 Å². The average molecular weight is 489 g/mol. The molecular formula is C31H52O4. The molecule has 0 radical (unpaired) electrons. The highest BCUT2D eigenvalue weighted by Gasteiger charge is 2.84. The molecule has 9 unspecified atom stereocenters. The number of fused-ring (bicyclic) bond motifs is 4. The third-order valence-corrected chi connectivity index (χ3v) is 14.0. The van der Waals surface area contributed by atoms with Gasteiger partial charge in [0.05, 0.1) is 30.5 Å². The first-order chi connectivity index (χ1) is 16.1. The van der Waals surface area contributed by atoms with Gasteiger partial charge in [0.1, 0.15) is 0 Å². The Morgan fingerprint density at radius 1 is 0.886 bits per heavy atom. The van der Waals surface area contributed by atoms with Gasteiger partial charge in [-0.15, -0.1) is 0 Å². The fourth-order valence-electron chi connectivity index (χ4n) is 12.1. The highest BCUT2D eigenvalue weighted by atomic mass is 16.5. The monoisotopic (exact) mass is 488 g/mol. The molecule has 0 amide bonds. The SMILES string of the molecule is C[C@@H]1CC(C(O)C(C)(C)C)OC2C1C1(C)CCC34CC35CCC(O)C(C)(C)[C@@H]5CCC4[C@]1(C)[C@H]2O. The van der Waals surface area contributed by atoms with Gasteiger partial charge in [0.25, 0.3) is 0 Å². The van der Waals surface area contributed by atoms with Gasteiger partial charge >= 0.3 is 0 Å². The molecule has 1 aliphatic heterocycles. The molecule has 35 heavy (non-hydrogen) atoms. The van der Waals surface area contributed by atoms with Crippen LogP contribution in [0.3, 0.4) is 0 Å². The van der Waals surface area contributed by atoms with Gasteiger partial charge in [0.2, 0.25) is 0 Å². The average Bonchev–Trinajstić information content (AvgIpc) is 3.40. The van der Waals surface area contributed by atoms with Crippen LogP contribution in [0.4, 0.5) is 0 Å². The van der Waals surface area contributed by atoms with Gasteiger partial charge in [-0.05, 0) is 102 Å². The molecule has 0 aromatic rings. The van der Waals surface area contributed by atoms with Crippen LogP contribution in [0.5, 0.6) is 0 Å². The number of hydrogen-bond acceptors (Lipinski definition) is 4. The quantitative estimate of drug-likeness (QED) is 0.451. The zero-order valence-electron chi connectivity index (χ0n) is 23.6. The maximum absolute atomic E-state index is 12.2. The molecule has 5 aliphatic carbocycles. The summed E-state index contributed by atoms with van der Waals surface area (Å²) in [7, 11) is 0. The summed E-state index contributed by atoms with van der Waals surface area (Å²) in [5.74, 6) is 1.91. The van der Waals surface area contributed by atoms with E-state index in [1.54, 1.807) is 0 Å². The molecule has 6 rings (SSSR count). The molecule has 6 fully saturated rings. The lowest BCUT2D eigenvalue weighted by molar-refractivity contribution is -0.189. The van der Waals surface area contributed by atoms with Crippen LogP contribution in [-0.4, -0.2) is 45.8 Å². The van der Waals surface area contributed by atoms with Crippen LogP contribution < -0.4 is 0 Å². The Bertz CT molecular complexity index is 893. The number of ether oxygens (including phenoxy) is 1. The van der Waals surface area contributed by atoms with E-state index in [1.807, 2.05) is 0 Å². The van der Waals surface area contributed by atoms with E-state index in [0.29, 0.717) is 34.5 Å². The van der Waals surface area contributed by atoms with Crippen LogP contribution in [0.1, 0.15) is 107 Å². The zero-order chi connectivity index (χ0) is 25.6. The summed E-state index contributed by atoms with van der Waals surface area (Å²) in [5, 5.41) is 34.3. The molecule has 6 aliphatic rings. The topological polar surface area (TPSA) is 69.9 Å². The fraction of sp³-hybridized carbons (Fsp3) is 1.00. The first-order valence-corrected chi connectivity index (χ1v) is 14.8. The van der Waals surface area contributed by atoms with E-state index in [1.165, 1.54) is 38.5 Å². The summed E-state index contributed by atoms with van der Waals surface area (Å²) in [6, 6.07) is 0. The van der Waals surface area contributed by atoms with Crippen molar-refractivity contribution in [2.75, 3.05) is 0 Å². The van der Waals surface area contributed by atoms with Crippen molar-refractivity contribution in [3.63, 3.8) is 0 Å². The van der Waals surface area contributed by atoms with E-state index in [4.69, 9.17) is 4.74 Å². The number of hydrogen-bond donors (Lipinski definition) is 3. The van der Waals surface area contributed by atoms with Crippen molar-refractivity contribution in [1.82, 2.24) is 0 Å². The van der Waals surface area contributed by atoms with Gasteiger partial charge in [-0.2, -0.15) is 0 Å². The second-order valence-corrected chi connectivity index (χ2v) is 16.4. The Kier molecular flexibility index (Phi) is 5.08. The summed E-state index contributed by atoms with van der Waals surface area (Å²) in [5.41, 5.74) is 0.361. The van der Waals surface area contributed by atoms with E-state index in [-0.39, 0.29) is 40.0 Å². The minimum atomic E-state index is -0.522. The molecule has 5 saturated carbocycles. The molecule has 0 aromatic heterocycles. The smallest absolute Gasteiger partial charge is 0.0880 e. The third-order valence-electron chi connectivity index (χ3n) is 14.0. The van der Waals surface area contributed by atoms with Crippen molar-refractivity contribution >= 4 is 0 Å². The van der Waals surface area contributed by atoms with Crippen molar-refractivity contribution < 1.29 is 20.1 Å². The number of aliphatic hydroxyl groups excluding tert-OH is 3. The van der Waals surface area contributed by atoms with E-state index in [2.05, 4.69) is 55.4 Å². The predicted molar refractivity (Wildman–Crippen MR) is 138 cm³/mol. The van der Waals surface area contributed by atoms with Crippen LogP contribution in [0.15, 0.2) is 0 Å². The summed E-state index contributed by atoms with van der Waals surface area (Å²) in [4.78, 5) is 0. The fourth-order valence-corrected chi connectivity index (χ4v) is 12.1. The van der Waals surface area contributed by atoms with Crippen molar-refractivity contribution in [2.24, 2.45) is 56.2 Å². The maximum atomic E-state index is 12.2. The van der Waals surface area contributed by atoms with Crippen molar-refractivity contribution in [3.8, 4) is 0 Å². The summed E-state index contributed by atoms with van der Waals surface area (Å²) >= 11 is 0. The lowest BCUT2D eigenvalue weighted by atomic mass is 9.41. The van der Waals surface area contributed by atoms with Crippen molar-refractivity contribution in [1.29, 1.82) is 0 Å². The Morgan fingerprint density at radius 3 is 2.17 bits per heavy atom. The largest absolute Gasteiger partial charge is 0.393 e. The minimum Gasteiger partial charge on any atom is -0.393 e. The Balaban J connectivity index is 1.36. The summed E-state index contributed by atoms with van der Waals surface area (Å²) < 4.78 is 6.75. The standard InChI is InChI=1S/C31H52O4/c1-17-15-18(24(33)26(2,3)4)35-23-22(17)28(7)13-14-31-16-30(31)12-11-21(32)27(5,6)19(30)9-10-20(31)29(28,8)25(23)34/h17-25,32-34H,9-16H2,1-8H3/t17-,18?,19+,20?,21?,22?,23?,24?,25+,28?,29-,30?,31?/m1/s1. The lowest BCUT2D eigenvalue weighted by Crippen LogP contribution is -2.59. The number of rotatable bonds is 1. The van der Waals surface area contributed by atoms with Crippen LogP contribution in [-0.2, 0) is 4.74 Å². The van der Waals surface area contributed by atoms with Gasteiger partial charge in [-0.1, -0.05) is 55.4 Å². The molecule has 200 valence electrons. The normalized spacial score (nSPS) is 59.4. The van der Waals surface area contributed by atoms with Crippen molar-refractivity contribution in [2.45, 2.75) is 137 Å². The predicted octanol–water partition coefficient (Wildman–Crippen LogP) is 5.57. The van der Waals surface area contributed by atoms with Gasteiger partial charge < -0.3 is 20.1 Å². The van der Waals surface area contributed by atoms with Crippen LogP contribution in [0.25, 0.3) is 0 Å². The maximum Gasteiger partial charge on any atom is 0.0880 e. The van der Waals surface area contributed by atoms with E-state index in [9.17, 15) is 15.3 Å². The second-order valence-electron chi connectivity index (χ2n) is 16.4. The van der Waals surface area contributed by atoms with E-state index < -0.39 is 12.2 Å². The third kappa shape index (κ3) is 2.74. The summed E-state index contributed by atoms with van der Waals surface area (Å²) in [6.45, 7) is 18.2. The Labute approximate surface area is 213 Å². The molecule has 4 nitrogen and oxygen atoms in total. The molecule has 0 bridgehead atoms. The van der Waals surface area contributed by atoms with Crippen LogP contribution >= 0.6 is 0 Å². The van der Waals surface area contributed by atoms with Crippen molar-refractivity contribution in [3.05, 3.63) is 0 Å². The highest BCUT2D eigenvalue weighted by Crippen LogP contribution is 2.89. The first-order valence-electron chi connectivity index (χ1n) is 14.8. The summed E-state index contributed by atoms with van der Waals surface area (Å²) in [6.07, 6.45) is 7.55. The molecule has 3 N–H and O–H groups in total. The Morgan fingerprint density at radius 2 is 1.51 bits per heavy atom. The van der Waals surface area contributed by atoms with E-state index >= 15 is 0 Å². The molecule has 2 spiro atoms. The number of aliphatic hydroxyl groups is 3. The second kappa shape index (κ2) is 7.07. The first kappa shape index (κ1) is 25.1. The lowest BCUT2D eigenvalue weighted by Gasteiger charge is -2.63. The molecule has 1 saturated heterocycles. The highest BCUT2D eigenvalue weighted by molar-refractivity contribution is 5.32.